The van der Waals surface area contributed by atoms with Gasteiger partial charge in [-0.3, -0.25) is 29.0 Å². The minimum Gasteiger partial charge on any atom is -0.391 e. The maximum absolute atomic E-state index is 13.7. The van der Waals surface area contributed by atoms with Gasteiger partial charge in [-0.25, -0.2) is 0 Å². The minimum atomic E-state index is -1.40. The van der Waals surface area contributed by atoms with Crippen LogP contribution >= 0.6 is 0 Å². The van der Waals surface area contributed by atoms with Crippen LogP contribution in [0.3, 0.4) is 0 Å². The van der Waals surface area contributed by atoms with Crippen molar-refractivity contribution in [3.63, 3.8) is 0 Å². The first-order valence-corrected chi connectivity index (χ1v) is 15.2. The van der Waals surface area contributed by atoms with Crippen molar-refractivity contribution in [2.24, 2.45) is 27.9 Å². The Morgan fingerprint density at radius 1 is 0.814 bits per heavy atom. The molecule has 0 aromatic rings. The van der Waals surface area contributed by atoms with Crippen LogP contribution in [-0.2, 0) is 24.0 Å². The lowest BCUT2D eigenvalue weighted by Crippen LogP contribution is -2.60. The predicted molar refractivity (Wildman–Crippen MR) is 160 cm³/mol. The van der Waals surface area contributed by atoms with E-state index in [9.17, 15) is 29.1 Å². The highest BCUT2D eigenvalue weighted by atomic mass is 16.3. The first kappa shape index (κ1) is 35.7. The molecular weight excluding hydrogens is 560 g/mol. The average Bonchev–Trinajstić information content (AvgIpc) is 3.45. The molecule has 2 saturated heterocycles. The van der Waals surface area contributed by atoms with Crippen LogP contribution in [0.15, 0.2) is 4.99 Å². The van der Waals surface area contributed by atoms with Gasteiger partial charge in [0.15, 0.2) is 5.96 Å². The highest BCUT2D eigenvalue weighted by molar-refractivity contribution is 5.98. The number of amides is 5. The van der Waals surface area contributed by atoms with E-state index in [-0.39, 0.29) is 31.8 Å². The Morgan fingerprint density at radius 2 is 1.35 bits per heavy atom. The molecule has 0 bridgehead atoms. The molecule has 0 radical (unpaired) electrons. The van der Waals surface area contributed by atoms with E-state index in [4.69, 9.17) is 22.9 Å². The Balaban J connectivity index is 2.48. The molecule has 5 amide bonds. The molecule has 2 fully saturated rings. The lowest BCUT2D eigenvalue weighted by atomic mass is 10.0. The van der Waals surface area contributed by atoms with E-state index < -0.39 is 65.8 Å². The Morgan fingerprint density at radius 3 is 1.93 bits per heavy atom. The summed E-state index contributed by atoms with van der Waals surface area (Å²) in [7, 11) is 0. The quantitative estimate of drug-likeness (QED) is 0.0567. The van der Waals surface area contributed by atoms with Gasteiger partial charge >= 0.3 is 0 Å². The number of aliphatic hydroxyl groups excluding tert-OH is 1. The molecule has 0 aromatic heterocycles. The summed E-state index contributed by atoms with van der Waals surface area (Å²) in [6.07, 6.45) is 2.81. The Hall–Kier alpha value is -3.50. The van der Waals surface area contributed by atoms with Crippen molar-refractivity contribution in [3.05, 3.63) is 0 Å². The van der Waals surface area contributed by atoms with Gasteiger partial charge in [-0.2, -0.15) is 0 Å². The molecule has 0 saturated carbocycles. The van der Waals surface area contributed by atoms with Gasteiger partial charge in [0.05, 0.1) is 6.10 Å². The number of nitrogens with zero attached hydrogens (tertiary/aromatic N) is 2. The van der Waals surface area contributed by atoms with Gasteiger partial charge in [-0.1, -0.05) is 0 Å². The van der Waals surface area contributed by atoms with E-state index in [1.165, 1.54) is 11.8 Å². The topological polar surface area (TPSA) is 273 Å². The van der Waals surface area contributed by atoms with Crippen molar-refractivity contribution in [2.45, 2.75) is 107 Å². The molecule has 2 aliphatic heterocycles. The van der Waals surface area contributed by atoms with Crippen LogP contribution in [0, 0.1) is 0 Å². The lowest BCUT2D eigenvalue weighted by Gasteiger charge is -2.30. The van der Waals surface area contributed by atoms with Gasteiger partial charge in [0, 0.05) is 13.1 Å². The molecule has 2 rings (SSSR count). The first-order valence-electron chi connectivity index (χ1n) is 15.2. The molecule has 16 nitrogen and oxygen atoms in total. The zero-order valence-corrected chi connectivity index (χ0v) is 25.1. The van der Waals surface area contributed by atoms with Gasteiger partial charge in [0.25, 0.3) is 0 Å². The number of nitrogens with one attached hydrogen (secondary N) is 4. The molecule has 6 atom stereocenters. The van der Waals surface area contributed by atoms with Crippen LogP contribution < -0.4 is 44.2 Å². The molecule has 0 aliphatic carbocycles. The first-order chi connectivity index (χ1) is 20.5. The van der Waals surface area contributed by atoms with E-state index in [2.05, 4.69) is 26.3 Å². The third-order valence-electron chi connectivity index (χ3n) is 7.62. The largest absolute Gasteiger partial charge is 0.391 e. The van der Waals surface area contributed by atoms with Crippen molar-refractivity contribution >= 4 is 35.5 Å². The predicted octanol–water partition coefficient (Wildman–Crippen LogP) is -3.38. The Kier molecular flexibility index (Phi) is 15.1. The van der Waals surface area contributed by atoms with Crippen LogP contribution in [0.2, 0.25) is 0 Å². The van der Waals surface area contributed by atoms with Gasteiger partial charge in [0.2, 0.25) is 29.5 Å². The smallest absolute Gasteiger partial charge is 0.245 e. The highest BCUT2D eigenvalue weighted by Crippen LogP contribution is 2.21. The average molecular weight is 611 g/mol. The second-order valence-electron chi connectivity index (χ2n) is 11.1. The zero-order chi connectivity index (χ0) is 31.9. The normalized spacial score (nSPS) is 26.3. The minimum absolute atomic E-state index is 0.107. The summed E-state index contributed by atoms with van der Waals surface area (Å²) >= 11 is 0. The summed E-state index contributed by atoms with van der Waals surface area (Å²) in [6.45, 7) is 2.62. The van der Waals surface area contributed by atoms with E-state index >= 15 is 0 Å². The lowest BCUT2D eigenvalue weighted by molar-refractivity contribution is -0.142. The van der Waals surface area contributed by atoms with E-state index in [1.807, 2.05) is 0 Å². The van der Waals surface area contributed by atoms with Crippen molar-refractivity contribution in [2.75, 3.05) is 26.2 Å². The number of hydrogen-bond donors (Lipinski definition) is 9. The van der Waals surface area contributed by atoms with E-state index in [0.717, 1.165) is 0 Å². The number of unbranched alkanes of at least 4 members (excludes halogenated alkanes) is 2. The second-order valence-corrected chi connectivity index (χ2v) is 11.1. The van der Waals surface area contributed by atoms with Crippen LogP contribution in [-0.4, -0.2) is 108 Å². The van der Waals surface area contributed by atoms with Crippen LogP contribution in [0.25, 0.3) is 0 Å². The number of carbonyl (C=O) groups excluding carboxylic acids is 5. The fourth-order valence-electron chi connectivity index (χ4n) is 5.25. The molecular formula is C27H50N10O6. The number of nitrogens with two attached hydrogens (primary N) is 4. The van der Waals surface area contributed by atoms with Crippen LogP contribution in [0.4, 0.5) is 0 Å². The van der Waals surface area contributed by atoms with Crippen LogP contribution in [0.1, 0.15) is 71.1 Å². The third-order valence-corrected chi connectivity index (χ3v) is 7.62. The molecule has 2 aliphatic rings. The number of rotatable bonds is 13. The molecule has 0 spiro atoms. The maximum atomic E-state index is 13.7. The second kappa shape index (κ2) is 18.2. The molecule has 13 N–H and O–H groups in total. The Labute approximate surface area is 252 Å². The van der Waals surface area contributed by atoms with Crippen molar-refractivity contribution in [3.8, 4) is 0 Å². The number of aliphatic hydroxyl groups is 1. The van der Waals surface area contributed by atoms with E-state index in [0.29, 0.717) is 64.6 Å². The zero-order valence-electron chi connectivity index (χ0n) is 25.1. The summed E-state index contributed by atoms with van der Waals surface area (Å²) in [5.74, 6) is -3.14. The van der Waals surface area contributed by atoms with E-state index in [1.54, 1.807) is 0 Å². The molecule has 43 heavy (non-hydrogen) atoms. The molecule has 244 valence electrons. The standard InChI is InChI=1S/C27H50N10O6/c1-16(38)21-25(42)35-19(9-3-5-13-29)26(43)37-15-7-11-20(37)24(41)34-18(10-6-14-32-27(30)31)22(39)33-17(23(40)36-21)8-2-4-12-28/h16-21,38H,2-15,28-29H2,1H3,(H,33,39)(H,34,41)(H,35,42)(H,36,40)(H4,30,31,32). The van der Waals surface area contributed by atoms with Crippen molar-refractivity contribution in [1.29, 1.82) is 0 Å². The van der Waals surface area contributed by atoms with Gasteiger partial charge in [0.1, 0.15) is 30.2 Å². The maximum Gasteiger partial charge on any atom is 0.245 e. The molecule has 2 heterocycles. The summed E-state index contributed by atoms with van der Waals surface area (Å²) in [6, 6.07) is -5.40. The SMILES string of the molecule is CC(O)C1NC(=O)C(CCCCN)NC(=O)C(CCCN=C(N)N)NC(=O)C2CCCN2C(=O)C(CCCCN)NC1=O. The monoisotopic (exact) mass is 610 g/mol. The summed E-state index contributed by atoms with van der Waals surface area (Å²) in [5, 5.41) is 21.2. The Bertz CT molecular complexity index is 989. The van der Waals surface area contributed by atoms with Gasteiger partial charge in [-0.15, -0.1) is 0 Å². The highest BCUT2D eigenvalue weighted by Gasteiger charge is 2.40. The molecule has 6 unspecified atom stereocenters. The summed E-state index contributed by atoms with van der Waals surface area (Å²) in [5.41, 5.74) is 22.1. The number of aliphatic imine (C=N–C) groups is 1. The fraction of sp³-hybridized carbons (Fsp3) is 0.778. The number of guanidine groups is 1. The fourth-order valence-corrected chi connectivity index (χ4v) is 5.25. The van der Waals surface area contributed by atoms with Crippen LogP contribution in [0.5, 0.6) is 0 Å². The summed E-state index contributed by atoms with van der Waals surface area (Å²) < 4.78 is 0. The number of fused-ring (bicyclic) bond motifs is 1. The number of carbonyl (C=O) groups is 5. The number of hydrogen-bond acceptors (Lipinski definition) is 9. The molecule has 0 aromatic carbocycles. The summed E-state index contributed by atoms with van der Waals surface area (Å²) in [4.78, 5) is 72.9. The van der Waals surface area contributed by atoms with Crippen molar-refractivity contribution in [1.82, 2.24) is 26.2 Å². The third kappa shape index (κ3) is 11.3. The molecule has 16 heteroatoms. The van der Waals surface area contributed by atoms with Crippen molar-refractivity contribution < 1.29 is 29.1 Å². The van der Waals surface area contributed by atoms with Gasteiger partial charge in [-0.05, 0) is 84.2 Å². The van der Waals surface area contributed by atoms with Gasteiger partial charge < -0.3 is 54.2 Å².